The van der Waals surface area contributed by atoms with E-state index in [-0.39, 0.29) is 6.29 Å². The highest BCUT2D eigenvalue weighted by Gasteiger charge is 2.24. The molecule has 0 spiro atoms. The van der Waals surface area contributed by atoms with Gasteiger partial charge < -0.3 is 9.47 Å². The van der Waals surface area contributed by atoms with E-state index < -0.39 is 0 Å². The summed E-state index contributed by atoms with van der Waals surface area (Å²) in [5, 5.41) is 0. The van der Waals surface area contributed by atoms with E-state index >= 15 is 0 Å². The molecule has 1 aliphatic heterocycles. The Hall–Kier alpha value is -2.68. The molecule has 3 aliphatic rings. The zero-order valence-electron chi connectivity index (χ0n) is 30.7. The van der Waals surface area contributed by atoms with E-state index in [2.05, 4.69) is 107 Å². The lowest BCUT2D eigenvalue weighted by molar-refractivity contribution is -0.199. The van der Waals surface area contributed by atoms with Crippen LogP contribution < -0.4 is 0 Å². The van der Waals surface area contributed by atoms with Crippen molar-refractivity contribution in [2.45, 2.75) is 130 Å². The van der Waals surface area contributed by atoms with Gasteiger partial charge >= 0.3 is 0 Å². The highest BCUT2D eigenvalue weighted by Crippen LogP contribution is 2.38. The van der Waals surface area contributed by atoms with Gasteiger partial charge in [0.05, 0.1) is 13.2 Å². The molecule has 3 aromatic rings. The van der Waals surface area contributed by atoms with Gasteiger partial charge in [-0.3, -0.25) is 0 Å². The summed E-state index contributed by atoms with van der Waals surface area (Å²) in [6.45, 7) is 10.6. The molecule has 2 fully saturated rings. The summed E-state index contributed by atoms with van der Waals surface area (Å²) in [4.78, 5) is 0. The fourth-order valence-electron chi connectivity index (χ4n) is 7.87. The summed E-state index contributed by atoms with van der Waals surface area (Å²) in [6, 6.07) is 27.0. The second-order valence-electron chi connectivity index (χ2n) is 15.1. The number of rotatable bonds is 12. The summed E-state index contributed by atoms with van der Waals surface area (Å²) in [5.41, 5.74) is 10.0. The van der Waals surface area contributed by atoms with Gasteiger partial charge in [-0.25, -0.2) is 0 Å². The normalized spacial score (nSPS) is 24.3. The molecule has 1 heterocycles. The van der Waals surface area contributed by atoms with Crippen LogP contribution in [0.2, 0.25) is 0 Å². The fraction of sp³-hybridized carbons (Fsp3) is 0.565. The molecule has 260 valence electrons. The number of aryl methyl sites for hydroxylation is 2. The van der Waals surface area contributed by atoms with E-state index in [1.54, 1.807) is 5.57 Å². The quantitative estimate of drug-likeness (QED) is 0.182. The van der Waals surface area contributed by atoms with E-state index in [1.807, 2.05) is 0 Å². The van der Waals surface area contributed by atoms with Crippen molar-refractivity contribution in [2.24, 2.45) is 23.7 Å². The molecule has 1 atom stereocenters. The van der Waals surface area contributed by atoms with Crippen LogP contribution in [0.5, 0.6) is 0 Å². The number of allylic oxidation sites excluding steroid dienone is 2. The van der Waals surface area contributed by atoms with Gasteiger partial charge in [0.15, 0.2) is 6.29 Å². The Labute approximate surface area is 293 Å². The fourth-order valence-corrected chi connectivity index (χ4v) is 7.87. The Morgan fingerprint density at radius 1 is 0.500 bits per heavy atom. The van der Waals surface area contributed by atoms with Crippen LogP contribution in [0.15, 0.2) is 84.4 Å². The van der Waals surface area contributed by atoms with Gasteiger partial charge in [0, 0.05) is 12.3 Å². The van der Waals surface area contributed by atoms with Crippen LogP contribution in [0.25, 0.3) is 0 Å². The first-order valence-corrected chi connectivity index (χ1v) is 19.7. The van der Waals surface area contributed by atoms with Crippen molar-refractivity contribution in [3.63, 3.8) is 0 Å². The summed E-state index contributed by atoms with van der Waals surface area (Å²) in [7, 11) is 0. The molecule has 2 nitrogen and oxygen atoms in total. The second-order valence-corrected chi connectivity index (χ2v) is 15.1. The van der Waals surface area contributed by atoms with Crippen LogP contribution in [-0.2, 0) is 41.6 Å². The van der Waals surface area contributed by atoms with Gasteiger partial charge in [-0.15, -0.1) is 0 Å². The van der Waals surface area contributed by atoms with Crippen LogP contribution in [0, 0.1) is 23.7 Å². The van der Waals surface area contributed by atoms with Crippen molar-refractivity contribution >= 4 is 0 Å². The lowest BCUT2D eigenvalue weighted by Crippen LogP contribution is -2.33. The van der Waals surface area contributed by atoms with E-state index in [1.165, 1.54) is 97.6 Å². The van der Waals surface area contributed by atoms with Gasteiger partial charge in [-0.05, 0) is 109 Å². The third-order valence-corrected chi connectivity index (χ3v) is 11.6. The van der Waals surface area contributed by atoms with E-state index in [0.29, 0.717) is 5.92 Å². The van der Waals surface area contributed by atoms with Gasteiger partial charge in [-0.1, -0.05) is 144 Å². The minimum atomic E-state index is -0.0831. The highest BCUT2D eigenvalue weighted by molar-refractivity contribution is 5.31. The summed E-state index contributed by atoms with van der Waals surface area (Å²) in [5.74, 6) is 3.61. The van der Waals surface area contributed by atoms with Crippen LogP contribution in [-0.4, -0.2) is 19.5 Å². The molecular weight excluding hydrogens is 585 g/mol. The van der Waals surface area contributed by atoms with Crippen molar-refractivity contribution in [3.05, 3.63) is 118 Å². The molecule has 0 amide bonds. The first kappa shape index (κ1) is 36.6. The monoisotopic (exact) mass is 648 g/mol. The van der Waals surface area contributed by atoms with Crippen molar-refractivity contribution in [2.75, 3.05) is 13.2 Å². The molecule has 6 rings (SSSR count). The first-order valence-electron chi connectivity index (χ1n) is 19.7. The van der Waals surface area contributed by atoms with E-state index in [0.717, 1.165) is 63.1 Å². The smallest absolute Gasteiger partial charge is 0.161 e. The minimum absolute atomic E-state index is 0.0831. The zero-order chi connectivity index (χ0) is 33.6. The van der Waals surface area contributed by atoms with Gasteiger partial charge in [0.25, 0.3) is 0 Å². The van der Waals surface area contributed by atoms with Crippen molar-refractivity contribution in [1.29, 1.82) is 0 Å². The van der Waals surface area contributed by atoms with Crippen LogP contribution >= 0.6 is 0 Å². The maximum atomic E-state index is 5.81. The summed E-state index contributed by atoms with van der Waals surface area (Å²) in [6.07, 6.45) is 21.9. The molecule has 1 saturated carbocycles. The Kier molecular flexibility index (Phi) is 14.9. The second kappa shape index (κ2) is 19.5. The van der Waals surface area contributed by atoms with Crippen molar-refractivity contribution < 1.29 is 9.47 Å². The molecule has 1 saturated heterocycles. The predicted octanol–water partition coefficient (Wildman–Crippen LogP) is 11.9. The number of ether oxygens (including phenoxy) is 2. The third-order valence-electron chi connectivity index (χ3n) is 11.6. The molecule has 48 heavy (non-hydrogen) atoms. The standard InChI is InChI=1S/C24H36.C22H28O2/c1-3-19-5-9-21(10-6-19)17-23-13-15-24(16-14-23)18-22-11-7-20(4-2)8-12-22;1-3-17-5-7-19(8-6-17)13-20-9-11-21(12-10-20)14-22-23-15-18(4-2)16-24-22/h5-6,9-10,13,20,22,24H,3-4,7-8,11-12,14-18H2,1-2H3;5-12,18,22H,3-4,13-16H2,1-2H3. The maximum absolute atomic E-state index is 5.81. The SMILES string of the molecule is CCc1ccc(CC2=CCC(CC3CCC(CC)CC3)CC2)cc1.CCc1ccc(Cc2ccc(CC3OCC(CC)CO3)cc2)cc1. The lowest BCUT2D eigenvalue weighted by atomic mass is 9.74. The molecule has 0 bridgehead atoms. The molecule has 0 aromatic heterocycles. The molecular formula is C46H64O2. The maximum Gasteiger partial charge on any atom is 0.161 e. The Bertz CT molecular complexity index is 1340. The number of hydrogen-bond acceptors (Lipinski definition) is 2. The van der Waals surface area contributed by atoms with E-state index in [9.17, 15) is 0 Å². The van der Waals surface area contributed by atoms with Crippen LogP contribution in [0.3, 0.4) is 0 Å². The lowest BCUT2D eigenvalue weighted by Gasteiger charge is -2.31. The van der Waals surface area contributed by atoms with Gasteiger partial charge in [0.2, 0.25) is 0 Å². The Morgan fingerprint density at radius 3 is 1.46 bits per heavy atom. The van der Waals surface area contributed by atoms with Gasteiger partial charge in [0.1, 0.15) is 0 Å². The largest absolute Gasteiger partial charge is 0.352 e. The zero-order valence-corrected chi connectivity index (χ0v) is 30.7. The Morgan fingerprint density at radius 2 is 0.979 bits per heavy atom. The third kappa shape index (κ3) is 11.7. The number of hydrogen-bond donors (Lipinski definition) is 0. The van der Waals surface area contributed by atoms with Gasteiger partial charge in [-0.2, -0.15) is 0 Å². The molecule has 1 unspecified atom stereocenters. The van der Waals surface area contributed by atoms with Crippen LogP contribution in [0.1, 0.15) is 125 Å². The summed E-state index contributed by atoms with van der Waals surface area (Å²) >= 11 is 0. The first-order chi connectivity index (χ1) is 23.5. The Balaban J connectivity index is 0.000000188. The molecule has 0 N–H and O–H groups in total. The van der Waals surface area contributed by atoms with Crippen molar-refractivity contribution in [3.8, 4) is 0 Å². The molecule has 2 aliphatic carbocycles. The predicted molar refractivity (Wildman–Crippen MR) is 204 cm³/mol. The average Bonchev–Trinajstić information content (AvgIpc) is 3.15. The minimum Gasteiger partial charge on any atom is -0.352 e. The summed E-state index contributed by atoms with van der Waals surface area (Å²) < 4.78 is 11.6. The van der Waals surface area contributed by atoms with E-state index in [4.69, 9.17) is 9.47 Å². The van der Waals surface area contributed by atoms with Crippen LogP contribution in [0.4, 0.5) is 0 Å². The van der Waals surface area contributed by atoms with Crippen molar-refractivity contribution in [1.82, 2.24) is 0 Å². The molecule has 3 aromatic carbocycles. The number of benzene rings is 3. The molecule has 2 heteroatoms. The molecule has 0 radical (unpaired) electrons. The highest BCUT2D eigenvalue weighted by atomic mass is 16.7. The average molecular weight is 649 g/mol. The topological polar surface area (TPSA) is 18.5 Å².